The van der Waals surface area contributed by atoms with Gasteiger partial charge in [0.25, 0.3) is 0 Å². The van der Waals surface area contributed by atoms with Crippen LogP contribution in [-0.4, -0.2) is 5.11 Å². The Hall–Kier alpha value is -0.730. The van der Waals surface area contributed by atoms with Gasteiger partial charge >= 0.3 is 0 Å². The van der Waals surface area contributed by atoms with Crippen LogP contribution in [0.2, 0.25) is 0 Å². The zero-order valence-electron chi connectivity index (χ0n) is 7.17. The largest absolute Gasteiger partial charge is 0.499 e. The lowest BCUT2D eigenvalue weighted by molar-refractivity contribution is 0.487. The lowest BCUT2D eigenvalue weighted by Crippen LogP contribution is -1.75. The van der Waals surface area contributed by atoms with Gasteiger partial charge in [-0.15, -0.1) is 11.6 Å². The Kier molecular flexibility index (Phi) is 2.18. The number of alkyl halides is 1. The van der Waals surface area contributed by atoms with E-state index in [1.807, 2.05) is 25.1 Å². The Labute approximate surface area is 85.6 Å². The van der Waals surface area contributed by atoms with Gasteiger partial charge in [-0.3, -0.25) is 0 Å². The number of rotatable bonds is 1. The van der Waals surface area contributed by atoms with E-state index in [-0.39, 0.29) is 0 Å². The molecule has 3 heteroatoms. The van der Waals surface area contributed by atoms with Crippen LogP contribution in [0.3, 0.4) is 0 Å². The molecule has 2 rings (SSSR count). The van der Waals surface area contributed by atoms with Crippen molar-refractivity contribution in [3.63, 3.8) is 0 Å². The molecule has 1 aromatic carbocycles. The van der Waals surface area contributed by atoms with Gasteiger partial charge in [0, 0.05) is 16.1 Å². The van der Waals surface area contributed by atoms with Gasteiger partial charge in [0.1, 0.15) is 0 Å². The summed E-state index contributed by atoms with van der Waals surface area (Å²) in [6, 6.07) is 6.03. The van der Waals surface area contributed by atoms with Gasteiger partial charge in [-0.25, -0.2) is 0 Å². The molecule has 1 aromatic heterocycles. The third-order valence-electron chi connectivity index (χ3n) is 2.13. The number of aromatic hydroxyl groups is 1. The van der Waals surface area contributed by atoms with Crippen LogP contribution in [0.15, 0.2) is 18.2 Å². The average molecular weight is 213 g/mol. The Bertz CT molecular complexity index is 447. The van der Waals surface area contributed by atoms with Crippen molar-refractivity contribution >= 4 is 33.0 Å². The molecular weight excluding hydrogens is 204 g/mol. The first-order chi connectivity index (χ1) is 6.22. The maximum Gasteiger partial charge on any atom is 0.175 e. The summed E-state index contributed by atoms with van der Waals surface area (Å²) in [6.07, 6.45) is 0. The molecule has 0 radical (unpaired) electrons. The molecule has 0 aliphatic carbocycles. The molecule has 68 valence electrons. The molecule has 0 bridgehead atoms. The first-order valence-corrected chi connectivity index (χ1v) is 5.34. The predicted octanol–water partition coefficient (Wildman–Crippen LogP) is 3.65. The van der Waals surface area contributed by atoms with Crippen molar-refractivity contribution in [1.29, 1.82) is 0 Å². The number of hydrogen-bond donors (Lipinski definition) is 1. The minimum Gasteiger partial charge on any atom is -0.499 e. The Balaban J connectivity index is 2.73. The first kappa shape index (κ1) is 8.85. The fourth-order valence-electron chi connectivity index (χ4n) is 1.34. The van der Waals surface area contributed by atoms with Crippen molar-refractivity contribution in [1.82, 2.24) is 0 Å². The Morgan fingerprint density at radius 1 is 1.46 bits per heavy atom. The van der Waals surface area contributed by atoms with Crippen molar-refractivity contribution < 1.29 is 5.11 Å². The quantitative estimate of drug-likeness (QED) is 0.716. The van der Waals surface area contributed by atoms with E-state index in [1.165, 1.54) is 11.3 Å². The number of benzene rings is 1. The average Bonchev–Trinajstić information content (AvgIpc) is 2.42. The van der Waals surface area contributed by atoms with E-state index >= 15 is 0 Å². The van der Waals surface area contributed by atoms with E-state index in [1.54, 1.807) is 0 Å². The summed E-state index contributed by atoms with van der Waals surface area (Å²) in [6.45, 7) is 1.93. The maximum absolute atomic E-state index is 9.49. The second-order valence-corrected chi connectivity index (χ2v) is 4.29. The second kappa shape index (κ2) is 3.20. The highest BCUT2D eigenvalue weighted by Gasteiger charge is 2.06. The van der Waals surface area contributed by atoms with Gasteiger partial charge in [-0.05, 0) is 23.9 Å². The fraction of sp³-hybridized carbons (Fsp3) is 0.200. The second-order valence-electron chi connectivity index (χ2n) is 3.00. The molecule has 1 heterocycles. The van der Waals surface area contributed by atoms with Crippen LogP contribution in [0.5, 0.6) is 5.06 Å². The molecular formula is C10H9ClOS. The predicted molar refractivity (Wildman–Crippen MR) is 57.8 cm³/mol. The number of thiophene rings is 1. The third kappa shape index (κ3) is 1.40. The van der Waals surface area contributed by atoms with Gasteiger partial charge in [0.15, 0.2) is 5.06 Å². The van der Waals surface area contributed by atoms with Crippen LogP contribution >= 0.6 is 22.9 Å². The summed E-state index contributed by atoms with van der Waals surface area (Å²) >= 11 is 7.12. The van der Waals surface area contributed by atoms with Crippen LogP contribution in [0.4, 0.5) is 0 Å². The first-order valence-electron chi connectivity index (χ1n) is 3.99. The molecule has 13 heavy (non-hydrogen) atoms. The molecule has 2 aromatic rings. The summed E-state index contributed by atoms with van der Waals surface area (Å²) in [5, 5.41) is 11.0. The molecule has 0 saturated heterocycles. The standard InChI is InChI=1S/C10H9ClOS/c1-6-8-3-2-7(5-11)4-9(8)13-10(6)12/h2-4,12H,5H2,1H3. The summed E-state index contributed by atoms with van der Waals surface area (Å²) in [7, 11) is 0. The summed E-state index contributed by atoms with van der Waals surface area (Å²) in [4.78, 5) is 0. The van der Waals surface area contributed by atoms with E-state index in [0.717, 1.165) is 21.2 Å². The van der Waals surface area contributed by atoms with Crippen molar-refractivity contribution in [2.24, 2.45) is 0 Å². The number of hydrogen-bond acceptors (Lipinski definition) is 2. The number of aryl methyl sites for hydroxylation is 1. The molecule has 0 atom stereocenters. The maximum atomic E-state index is 9.49. The highest BCUT2D eigenvalue weighted by molar-refractivity contribution is 7.20. The molecule has 1 nitrogen and oxygen atoms in total. The van der Waals surface area contributed by atoms with Gasteiger partial charge in [0.05, 0.1) is 0 Å². The molecule has 0 spiro atoms. The van der Waals surface area contributed by atoms with E-state index in [4.69, 9.17) is 11.6 Å². The number of fused-ring (bicyclic) bond motifs is 1. The van der Waals surface area contributed by atoms with E-state index in [0.29, 0.717) is 10.9 Å². The third-order valence-corrected chi connectivity index (χ3v) is 3.50. The fourth-order valence-corrected chi connectivity index (χ4v) is 2.52. The Morgan fingerprint density at radius 2 is 2.23 bits per heavy atom. The normalized spacial score (nSPS) is 10.9. The van der Waals surface area contributed by atoms with Crippen LogP contribution in [0, 0.1) is 6.92 Å². The minimum atomic E-state index is 0.404. The summed E-state index contributed by atoms with van der Waals surface area (Å²) < 4.78 is 1.10. The molecule has 0 amide bonds. The molecule has 0 fully saturated rings. The van der Waals surface area contributed by atoms with Crippen LogP contribution < -0.4 is 0 Å². The van der Waals surface area contributed by atoms with E-state index in [9.17, 15) is 5.11 Å². The van der Waals surface area contributed by atoms with Crippen molar-refractivity contribution in [3.8, 4) is 5.06 Å². The van der Waals surface area contributed by atoms with Gasteiger partial charge < -0.3 is 5.11 Å². The smallest absolute Gasteiger partial charge is 0.175 e. The SMILES string of the molecule is Cc1c(O)sc2cc(CCl)ccc12. The molecule has 0 aliphatic rings. The Morgan fingerprint density at radius 3 is 2.92 bits per heavy atom. The lowest BCUT2D eigenvalue weighted by Gasteiger charge is -1.94. The lowest BCUT2D eigenvalue weighted by atomic mass is 10.1. The molecule has 0 unspecified atom stereocenters. The van der Waals surface area contributed by atoms with E-state index < -0.39 is 0 Å². The van der Waals surface area contributed by atoms with Gasteiger partial charge in [0.2, 0.25) is 0 Å². The van der Waals surface area contributed by atoms with E-state index in [2.05, 4.69) is 0 Å². The molecule has 1 N–H and O–H groups in total. The van der Waals surface area contributed by atoms with Crippen molar-refractivity contribution in [2.45, 2.75) is 12.8 Å². The molecule has 0 aliphatic heterocycles. The highest BCUT2D eigenvalue weighted by atomic mass is 35.5. The zero-order valence-corrected chi connectivity index (χ0v) is 8.75. The summed E-state index contributed by atoms with van der Waals surface area (Å²) in [5.41, 5.74) is 2.05. The van der Waals surface area contributed by atoms with Gasteiger partial charge in [-0.1, -0.05) is 23.5 Å². The van der Waals surface area contributed by atoms with Crippen LogP contribution in [0.25, 0.3) is 10.1 Å². The van der Waals surface area contributed by atoms with Gasteiger partial charge in [-0.2, -0.15) is 0 Å². The van der Waals surface area contributed by atoms with Crippen molar-refractivity contribution in [3.05, 3.63) is 29.3 Å². The highest BCUT2D eigenvalue weighted by Crippen LogP contribution is 2.36. The van der Waals surface area contributed by atoms with Crippen molar-refractivity contribution in [2.75, 3.05) is 0 Å². The number of halogens is 1. The zero-order chi connectivity index (χ0) is 9.42. The topological polar surface area (TPSA) is 20.2 Å². The summed E-state index contributed by atoms with van der Waals surface area (Å²) in [5.74, 6) is 0.521. The van der Waals surface area contributed by atoms with Crippen LogP contribution in [0.1, 0.15) is 11.1 Å². The molecule has 0 saturated carbocycles. The monoisotopic (exact) mass is 212 g/mol. The van der Waals surface area contributed by atoms with Crippen LogP contribution in [-0.2, 0) is 5.88 Å². The minimum absolute atomic E-state index is 0.404.